The lowest BCUT2D eigenvalue weighted by atomic mass is 9.75. The Balaban J connectivity index is 1.57. The summed E-state index contributed by atoms with van der Waals surface area (Å²) in [6.07, 6.45) is 1.58. The molecule has 1 spiro atoms. The number of carbonyl (C=O) groups excluding carboxylic acids is 3. The second-order valence-corrected chi connectivity index (χ2v) is 9.19. The number of amides is 3. The van der Waals surface area contributed by atoms with Gasteiger partial charge in [0.25, 0.3) is 5.91 Å². The Bertz CT molecular complexity index is 1180. The van der Waals surface area contributed by atoms with E-state index in [9.17, 15) is 18.8 Å². The van der Waals surface area contributed by atoms with Crippen molar-refractivity contribution in [2.45, 2.75) is 31.3 Å². The highest BCUT2D eigenvalue weighted by Crippen LogP contribution is 2.61. The van der Waals surface area contributed by atoms with E-state index in [1.165, 1.54) is 24.3 Å². The maximum atomic E-state index is 13.8. The van der Waals surface area contributed by atoms with Crippen molar-refractivity contribution < 1.29 is 18.8 Å². The van der Waals surface area contributed by atoms with Crippen LogP contribution in [0.15, 0.2) is 36.4 Å². The summed E-state index contributed by atoms with van der Waals surface area (Å²) in [5, 5.41) is 3.33. The zero-order valence-corrected chi connectivity index (χ0v) is 17.4. The van der Waals surface area contributed by atoms with Crippen LogP contribution in [0.5, 0.6) is 0 Å². The van der Waals surface area contributed by atoms with Crippen molar-refractivity contribution in [1.82, 2.24) is 4.90 Å². The number of anilines is 2. The highest BCUT2D eigenvalue weighted by molar-refractivity contribution is 6.35. The van der Waals surface area contributed by atoms with Gasteiger partial charge in [-0.25, -0.2) is 9.29 Å². The van der Waals surface area contributed by atoms with Crippen molar-refractivity contribution in [3.05, 3.63) is 58.4 Å². The third-order valence-corrected chi connectivity index (χ3v) is 7.58. The SMILES string of the molecule is Cc1cc(Cl)c2c(c1)[C@]1(C(=O)N2)[C@@H]2C(=O)N(c3ccc(F)cc3)C(=O)[C@H]2[C@H]2CCCN21. The van der Waals surface area contributed by atoms with E-state index in [0.717, 1.165) is 23.3 Å². The molecule has 0 saturated carbocycles. The molecule has 4 atom stereocenters. The Morgan fingerprint density at radius 1 is 1.13 bits per heavy atom. The number of hydrogen-bond acceptors (Lipinski definition) is 4. The van der Waals surface area contributed by atoms with Gasteiger partial charge in [0.15, 0.2) is 0 Å². The van der Waals surface area contributed by atoms with Crippen molar-refractivity contribution >= 4 is 40.7 Å². The van der Waals surface area contributed by atoms with Gasteiger partial charge in [0.1, 0.15) is 11.4 Å². The fourth-order valence-corrected chi connectivity index (χ4v) is 6.56. The van der Waals surface area contributed by atoms with Gasteiger partial charge < -0.3 is 5.32 Å². The van der Waals surface area contributed by atoms with Crippen molar-refractivity contribution in [2.24, 2.45) is 11.8 Å². The second-order valence-electron chi connectivity index (χ2n) is 8.78. The molecule has 4 aliphatic rings. The molecule has 2 aromatic carbocycles. The smallest absolute Gasteiger partial charge is 0.250 e. The Morgan fingerprint density at radius 3 is 2.61 bits per heavy atom. The lowest BCUT2D eigenvalue weighted by Gasteiger charge is -2.36. The largest absolute Gasteiger partial charge is 0.323 e. The van der Waals surface area contributed by atoms with Crippen molar-refractivity contribution in [1.29, 1.82) is 0 Å². The number of rotatable bonds is 1. The van der Waals surface area contributed by atoms with Crippen LogP contribution in [-0.2, 0) is 19.9 Å². The van der Waals surface area contributed by atoms with Gasteiger partial charge in [0, 0.05) is 11.6 Å². The van der Waals surface area contributed by atoms with Gasteiger partial charge in [-0.2, -0.15) is 0 Å². The van der Waals surface area contributed by atoms with Crippen LogP contribution in [-0.4, -0.2) is 35.2 Å². The van der Waals surface area contributed by atoms with E-state index in [0.29, 0.717) is 28.5 Å². The molecule has 0 aromatic heterocycles. The fourth-order valence-electron chi connectivity index (χ4n) is 6.24. The number of halogens is 2. The summed E-state index contributed by atoms with van der Waals surface area (Å²) in [5.74, 6) is -2.98. The van der Waals surface area contributed by atoms with Crippen LogP contribution >= 0.6 is 11.6 Å². The predicted octanol–water partition coefficient (Wildman–Crippen LogP) is 3.22. The Labute approximate surface area is 183 Å². The molecule has 0 unspecified atom stereocenters. The van der Waals surface area contributed by atoms with Gasteiger partial charge in [-0.15, -0.1) is 0 Å². The summed E-state index contributed by atoms with van der Waals surface area (Å²) < 4.78 is 13.4. The zero-order chi connectivity index (χ0) is 21.7. The number of nitrogens with zero attached hydrogens (tertiary/aromatic N) is 2. The zero-order valence-electron chi connectivity index (χ0n) is 16.7. The average molecular weight is 440 g/mol. The minimum Gasteiger partial charge on any atom is -0.323 e. The minimum atomic E-state index is -1.27. The molecule has 2 aromatic rings. The maximum absolute atomic E-state index is 13.8. The van der Waals surface area contributed by atoms with Crippen molar-refractivity contribution in [3.8, 4) is 0 Å². The van der Waals surface area contributed by atoms with Crippen LogP contribution in [0.4, 0.5) is 15.8 Å². The summed E-state index contributed by atoms with van der Waals surface area (Å²) >= 11 is 6.46. The number of benzene rings is 2. The number of aryl methyl sites for hydroxylation is 1. The molecule has 31 heavy (non-hydrogen) atoms. The van der Waals surface area contributed by atoms with Crippen LogP contribution < -0.4 is 10.2 Å². The van der Waals surface area contributed by atoms with Crippen LogP contribution in [0.1, 0.15) is 24.0 Å². The average Bonchev–Trinajstić information content (AvgIpc) is 3.42. The van der Waals surface area contributed by atoms with Gasteiger partial charge in [0.05, 0.1) is 28.2 Å². The number of hydrogen-bond donors (Lipinski definition) is 1. The monoisotopic (exact) mass is 439 g/mol. The molecule has 3 amide bonds. The first-order valence-electron chi connectivity index (χ1n) is 10.4. The summed E-state index contributed by atoms with van der Waals surface area (Å²) in [7, 11) is 0. The topological polar surface area (TPSA) is 69.7 Å². The molecule has 158 valence electrons. The lowest BCUT2D eigenvalue weighted by molar-refractivity contribution is -0.135. The molecule has 3 saturated heterocycles. The van der Waals surface area contributed by atoms with Crippen LogP contribution in [0, 0.1) is 24.6 Å². The molecular formula is C23H19ClFN3O3. The Kier molecular flexibility index (Phi) is 3.76. The second kappa shape index (κ2) is 6.14. The third kappa shape index (κ3) is 2.18. The van der Waals surface area contributed by atoms with E-state index < -0.39 is 29.1 Å². The molecule has 1 N–H and O–H groups in total. The molecule has 4 aliphatic heterocycles. The highest BCUT2D eigenvalue weighted by atomic mass is 35.5. The number of imide groups is 1. The van der Waals surface area contributed by atoms with E-state index in [1.807, 2.05) is 13.0 Å². The lowest BCUT2D eigenvalue weighted by Crippen LogP contribution is -2.54. The minimum absolute atomic E-state index is 0.206. The Hall–Kier alpha value is -2.77. The van der Waals surface area contributed by atoms with E-state index in [1.54, 1.807) is 6.07 Å². The van der Waals surface area contributed by atoms with Gasteiger partial charge in [-0.1, -0.05) is 17.7 Å². The third-order valence-electron chi connectivity index (χ3n) is 7.28. The standard InChI is InChI=1S/C23H19ClFN3O3/c1-11-9-14-19(15(24)10-11)26-22(31)23(14)18-17(16-3-2-8-27(16)23)20(29)28(21(18)30)13-6-4-12(25)5-7-13/h4-7,9-10,16-18H,2-3,8H2,1H3,(H,26,31)/t16-,17+,18+,23-/m1/s1. The molecule has 6 nitrogen and oxygen atoms in total. The van der Waals surface area contributed by atoms with Crippen LogP contribution in [0.3, 0.4) is 0 Å². The quantitative estimate of drug-likeness (QED) is 0.693. The molecule has 4 heterocycles. The van der Waals surface area contributed by atoms with Gasteiger partial charge >= 0.3 is 0 Å². The number of nitrogens with one attached hydrogen (secondary N) is 1. The molecular weight excluding hydrogens is 421 g/mol. The summed E-state index contributed by atoms with van der Waals surface area (Å²) in [5.41, 5.74) is 1.13. The fraction of sp³-hybridized carbons (Fsp3) is 0.348. The molecule has 6 rings (SSSR count). The van der Waals surface area contributed by atoms with Gasteiger partial charge in [0.2, 0.25) is 11.8 Å². The van der Waals surface area contributed by atoms with E-state index in [4.69, 9.17) is 11.6 Å². The molecule has 0 radical (unpaired) electrons. The number of carbonyl (C=O) groups is 3. The van der Waals surface area contributed by atoms with Crippen molar-refractivity contribution in [2.75, 3.05) is 16.8 Å². The number of fused-ring (bicyclic) bond motifs is 7. The van der Waals surface area contributed by atoms with Crippen LogP contribution in [0.25, 0.3) is 0 Å². The first kappa shape index (κ1) is 19.0. The van der Waals surface area contributed by atoms with E-state index in [-0.39, 0.29) is 17.9 Å². The molecule has 8 heteroatoms. The Morgan fingerprint density at radius 2 is 1.87 bits per heavy atom. The van der Waals surface area contributed by atoms with Crippen molar-refractivity contribution in [3.63, 3.8) is 0 Å². The highest BCUT2D eigenvalue weighted by Gasteiger charge is 2.74. The summed E-state index contributed by atoms with van der Waals surface area (Å²) in [6, 6.07) is 8.77. The normalized spacial score (nSPS) is 31.4. The van der Waals surface area contributed by atoms with Gasteiger partial charge in [-0.3, -0.25) is 19.3 Å². The molecule has 3 fully saturated rings. The first-order chi connectivity index (χ1) is 14.9. The first-order valence-corrected chi connectivity index (χ1v) is 10.8. The summed E-state index contributed by atoms with van der Waals surface area (Å²) in [6.45, 7) is 2.52. The molecule has 0 bridgehead atoms. The summed E-state index contributed by atoms with van der Waals surface area (Å²) in [4.78, 5) is 44.1. The molecule has 0 aliphatic carbocycles. The van der Waals surface area contributed by atoms with E-state index >= 15 is 0 Å². The predicted molar refractivity (Wildman–Crippen MR) is 112 cm³/mol. The maximum Gasteiger partial charge on any atom is 0.250 e. The van der Waals surface area contributed by atoms with Gasteiger partial charge in [-0.05, 0) is 62.2 Å². The van der Waals surface area contributed by atoms with E-state index in [2.05, 4.69) is 10.2 Å². The van der Waals surface area contributed by atoms with Crippen LogP contribution in [0.2, 0.25) is 5.02 Å².